The minimum Gasteiger partial charge on any atom is -0.0651 e. The van der Waals surface area contributed by atoms with E-state index < -0.39 is 0 Å². The lowest BCUT2D eigenvalue weighted by atomic mass is 9.56. The van der Waals surface area contributed by atoms with Gasteiger partial charge in [-0.3, -0.25) is 0 Å². The molecule has 11 aliphatic rings. The lowest BCUT2D eigenvalue weighted by molar-refractivity contribution is 0.0202. The molecule has 0 heteroatoms. The Labute approximate surface area is 579 Å². The van der Waals surface area contributed by atoms with Crippen molar-refractivity contribution in [1.82, 2.24) is 0 Å². The van der Waals surface area contributed by atoms with Gasteiger partial charge in [-0.1, -0.05) is 306 Å². The smallest absolute Gasteiger partial charge is 0.0323 e. The number of rotatable bonds is 2. The van der Waals surface area contributed by atoms with E-state index >= 15 is 0 Å². The first-order chi connectivity index (χ1) is 41.3. The first-order valence-electron chi connectivity index (χ1n) is 41.3. The van der Waals surface area contributed by atoms with E-state index in [1.807, 2.05) is 0 Å². The van der Waals surface area contributed by atoms with Crippen LogP contribution in [0.25, 0.3) is 0 Å². The van der Waals surface area contributed by atoms with Crippen LogP contribution < -0.4 is 0 Å². The Morgan fingerprint density at radius 1 is 0.286 bits per heavy atom. The maximum atomic E-state index is 2.44. The highest BCUT2D eigenvalue weighted by Crippen LogP contribution is 2.56. The Bertz CT molecular complexity index is 1870. The predicted octanol–water partition coefficient (Wildman–Crippen LogP) is 31.3. The van der Waals surface area contributed by atoms with Gasteiger partial charge in [-0.2, -0.15) is 0 Å². The topological polar surface area (TPSA) is 0 Å². The fraction of sp³-hybridized carbons (Fsp3) is 1.00. The molecule has 11 fully saturated rings. The van der Waals surface area contributed by atoms with Crippen LogP contribution in [0.4, 0.5) is 0 Å². The van der Waals surface area contributed by atoms with Crippen molar-refractivity contribution in [1.29, 1.82) is 0 Å². The fourth-order valence-corrected chi connectivity index (χ4v) is 24.1. The summed E-state index contributed by atoms with van der Waals surface area (Å²) in [7, 11) is 0. The van der Waals surface area contributed by atoms with E-state index in [0.717, 1.165) is 88.8 Å². The van der Waals surface area contributed by atoms with Gasteiger partial charge in [-0.25, -0.2) is 0 Å². The van der Waals surface area contributed by atoms with Crippen molar-refractivity contribution >= 4 is 0 Å². The molecule has 0 N–H and O–H groups in total. The summed E-state index contributed by atoms with van der Waals surface area (Å²) < 4.78 is 0. The second-order valence-electron chi connectivity index (χ2n) is 44.9. The van der Waals surface area contributed by atoms with E-state index in [2.05, 4.69) is 228 Å². The quantitative estimate of drug-likeness (QED) is 0.259. The van der Waals surface area contributed by atoms with Gasteiger partial charge in [0.05, 0.1) is 0 Å². The molecule has 0 aromatic heterocycles. The molecule has 0 aromatic carbocycles. The van der Waals surface area contributed by atoms with Crippen molar-refractivity contribution in [2.45, 2.75) is 434 Å². The Balaban J connectivity index is 0.000000268. The van der Waals surface area contributed by atoms with Gasteiger partial charge >= 0.3 is 0 Å². The van der Waals surface area contributed by atoms with Crippen LogP contribution in [-0.2, 0) is 0 Å². The molecule has 0 spiro atoms. The SMILES string of the molecule is CC1(C)CC(C)(C)CC(C)(C)C1.CC1C(C)(C)CCCC1(C)C.CC1C2CCC(C2)[C@H]1C.CC1CC(C)(C)CC(C)(C)C1.CC1CCC(C)(C)CC1.CC1CCCC(C)C1C.CCC1CC(C)(C)CC(C)(C)C1.CCC1CC2CCC1C2.C[C@@H]1CCCCC1(C)C. The Morgan fingerprint density at radius 3 is 0.956 bits per heavy atom. The van der Waals surface area contributed by atoms with E-state index in [4.69, 9.17) is 0 Å². The van der Waals surface area contributed by atoms with Gasteiger partial charge in [0.25, 0.3) is 0 Å². The molecule has 91 heavy (non-hydrogen) atoms. The van der Waals surface area contributed by atoms with Gasteiger partial charge in [0.15, 0.2) is 0 Å². The molecule has 11 aliphatic carbocycles. The van der Waals surface area contributed by atoms with E-state index in [9.17, 15) is 0 Å². The minimum absolute atomic E-state index is 0.547. The summed E-state index contributed by atoms with van der Waals surface area (Å²) in [5.74, 6) is 15.4. The molecule has 0 amide bonds. The zero-order chi connectivity index (χ0) is 69.8. The highest BCUT2D eigenvalue weighted by atomic mass is 14.5. The summed E-state index contributed by atoms with van der Waals surface area (Å²) in [6, 6.07) is 0. The molecule has 11 rings (SSSR count). The van der Waals surface area contributed by atoms with Crippen molar-refractivity contribution in [3.8, 4) is 0 Å². The van der Waals surface area contributed by atoms with Gasteiger partial charge in [0, 0.05) is 0 Å². The summed E-state index contributed by atoms with van der Waals surface area (Å²) in [5.41, 5.74) is 6.42. The monoisotopic (exact) mass is 1270 g/mol. The average Bonchev–Trinajstić information content (AvgIpc) is 2.11. The Kier molecular flexibility index (Phi) is 32.6. The van der Waals surface area contributed by atoms with Crippen molar-refractivity contribution < 1.29 is 0 Å². The molecular weight excluding hydrogens is 1090 g/mol. The normalized spacial score (nSPS) is 36.3. The van der Waals surface area contributed by atoms with Crippen LogP contribution in [0.5, 0.6) is 0 Å². The van der Waals surface area contributed by atoms with Crippen molar-refractivity contribution in [2.24, 2.45) is 148 Å². The summed E-state index contributed by atoms with van der Waals surface area (Å²) in [5, 5.41) is 0. The highest BCUT2D eigenvalue weighted by molar-refractivity contribution is 4.96. The van der Waals surface area contributed by atoms with Crippen LogP contribution in [0.15, 0.2) is 0 Å². The second kappa shape index (κ2) is 34.9. The molecule has 0 heterocycles. The first-order valence-corrected chi connectivity index (χ1v) is 41.3. The van der Waals surface area contributed by atoms with E-state index in [1.165, 1.54) is 173 Å². The fourth-order valence-electron chi connectivity index (χ4n) is 24.1. The first kappa shape index (κ1) is 85.2. The Morgan fingerprint density at radius 2 is 0.681 bits per heavy atom. The maximum Gasteiger partial charge on any atom is -0.0323 e. The molecule has 10 atom stereocenters. The third-order valence-electron chi connectivity index (χ3n) is 28.9. The molecule has 11 saturated carbocycles. The van der Waals surface area contributed by atoms with Crippen LogP contribution in [-0.4, -0.2) is 0 Å². The van der Waals surface area contributed by atoms with Gasteiger partial charge < -0.3 is 0 Å². The van der Waals surface area contributed by atoms with Gasteiger partial charge in [0.1, 0.15) is 0 Å². The molecule has 8 unspecified atom stereocenters. The van der Waals surface area contributed by atoms with Crippen LogP contribution in [0, 0.1) is 148 Å². The van der Waals surface area contributed by atoms with E-state index in [1.54, 1.807) is 32.1 Å². The molecule has 0 aromatic rings. The molecule has 0 radical (unpaired) electrons. The molecular formula is C91H178. The lowest BCUT2D eigenvalue weighted by Crippen LogP contribution is -2.38. The zero-order valence-corrected chi connectivity index (χ0v) is 69.8. The lowest BCUT2D eigenvalue weighted by Gasteiger charge is -2.49. The summed E-state index contributed by atoms with van der Waals surface area (Å²) in [4.78, 5) is 0. The third-order valence-corrected chi connectivity index (χ3v) is 28.9. The summed E-state index contributed by atoms with van der Waals surface area (Å²) >= 11 is 0. The standard InChI is InChI=1S/2C12H24.2C11H22.2C9H16.3C9H18/c1-10(2)7-11(3,4)9-12(5,6)8-10;1-6-10-7-11(2,3)9-12(4,5)8-10;1-9-6-10(2,3)8-11(4,5)7-9;1-9-10(2,3)7-6-8-11(9,4)5;1-6-7(2)9-4-3-8(6)5-9;1-2-8-5-7-3-4-9(8)6-7;1-8-4-6-9(2,3)7-5-8;1-8-6-4-5-7-9(8,2)3;1-7-5-4-6-8(2)9(7)3/h7-9H2,1-6H3;10H,6-9H2,1-5H3;2*9H,6-8H2,1-5H3;6-9H,3-5H2,1-2H3;7-9H,2-6H2,1H3;2*8H,4-7H2,1-3H3;7-9H,4-6H2,1-3H3/t;;;;6-,7?,8?,9?;;;8-;/m....0..1./s1. The molecule has 0 saturated heterocycles. The average molecular weight is 1270 g/mol. The largest absolute Gasteiger partial charge is 0.0651 e. The Hall–Kier alpha value is 0. The van der Waals surface area contributed by atoms with Crippen LogP contribution in [0.3, 0.4) is 0 Å². The third kappa shape index (κ3) is 30.2. The summed E-state index contributed by atoms with van der Waals surface area (Å²) in [6.45, 7) is 79.4. The zero-order valence-electron chi connectivity index (χ0n) is 69.8. The predicted molar refractivity (Wildman–Crippen MR) is 414 cm³/mol. The van der Waals surface area contributed by atoms with Gasteiger partial charge in [-0.15, -0.1) is 0 Å². The van der Waals surface area contributed by atoms with E-state index in [-0.39, 0.29) is 0 Å². The second-order valence-corrected chi connectivity index (χ2v) is 44.9. The molecule has 0 nitrogen and oxygen atoms in total. The van der Waals surface area contributed by atoms with Gasteiger partial charge in [-0.05, 0) is 277 Å². The maximum absolute atomic E-state index is 2.44. The van der Waals surface area contributed by atoms with Crippen LogP contribution in [0.1, 0.15) is 434 Å². The number of fused-ring (bicyclic) bond motifs is 4. The number of hydrogen-bond acceptors (Lipinski definition) is 0. The minimum atomic E-state index is 0.547. The van der Waals surface area contributed by atoms with E-state index in [0.29, 0.717) is 59.6 Å². The van der Waals surface area contributed by atoms with Gasteiger partial charge in [0.2, 0.25) is 0 Å². The van der Waals surface area contributed by atoms with Crippen molar-refractivity contribution in [3.05, 3.63) is 0 Å². The molecule has 0 aliphatic heterocycles. The molecule has 542 valence electrons. The van der Waals surface area contributed by atoms with Crippen LogP contribution in [0.2, 0.25) is 0 Å². The molecule has 4 bridgehead atoms. The van der Waals surface area contributed by atoms with Crippen molar-refractivity contribution in [2.75, 3.05) is 0 Å². The van der Waals surface area contributed by atoms with Crippen molar-refractivity contribution in [3.63, 3.8) is 0 Å². The summed E-state index contributed by atoms with van der Waals surface area (Å²) in [6.07, 6.45) is 46.6. The highest BCUT2D eigenvalue weighted by Gasteiger charge is 2.45. The number of hydrogen-bond donors (Lipinski definition) is 0. The van der Waals surface area contributed by atoms with Crippen LogP contribution >= 0.6 is 0 Å².